The van der Waals surface area contributed by atoms with Crippen LogP contribution in [0.4, 0.5) is 5.69 Å². The number of halogens is 1. The van der Waals surface area contributed by atoms with Crippen LogP contribution in [0.5, 0.6) is 5.75 Å². The third-order valence-electron chi connectivity index (χ3n) is 2.18. The molecule has 0 atom stereocenters. The van der Waals surface area contributed by atoms with E-state index in [1.54, 1.807) is 0 Å². The van der Waals surface area contributed by atoms with Crippen molar-refractivity contribution < 1.29 is 14.8 Å². The first-order chi connectivity index (χ1) is 8.88. The van der Waals surface area contributed by atoms with Crippen molar-refractivity contribution in [1.29, 1.82) is 0 Å². The molecule has 0 radical (unpaired) electrons. The van der Waals surface area contributed by atoms with Crippen molar-refractivity contribution in [2.75, 3.05) is 0 Å². The first-order valence-corrected chi connectivity index (χ1v) is 6.80. The zero-order chi connectivity index (χ0) is 14.2. The number of carbonyl (C=O) groups excluding carboxylic acids is 1. The van der Waals surface area contributed by atoms with E-state index in [0.29, 0.717) is 14.8 Å². The molecule has 0 aromatic heterocycles. The zero-order valence-electron chi connectivity index (χ0n) is 9.01. The van der Waals surface area contributed by atoms with Crippen LogP contribution in [-0.4, -0.2) is 15.2 Å². The number of nitro benzene ring substituents is 1. The Balaban J connectivity index is 2.47. The predicted octanol–water partition coefficient (Wildman–Crippen LogP) is 1.92. The second-order valence-electron chi connectivity index (χ2n) is 3.46. The van der Waals surface area contributed by atoms with Gasteiger partial charge in [0, 0.05) is 10.5 Å². The topological polar surface area (TPSA) is 95.3 Å². The molecule has 1 heterocycles. The Morgan fingerprint density at radius 3 is 2.68 bits per heavy atom. The second-order valence-corrected chi connectivity index (χ2v) is 6.03. The van der Waals surface area contributed by atoms with E-state index in [-0.39, 0.29) is 10.4 Å². The number of nitro groups is 1. The summed E-state index contributed by atoms with van der Waals surface area (Å²) in [6.07, 6.45) is 1.44. The summed E-state index contributed by atoms with van der Waals surface area (Å²) in [5.74, 6) is -1.06. The predicted molar refractivity (Wildman–Crippen MR) is 76.6 cm³/mol. The average Bonchev–Trinajstić information content (AvgIpc) is 2.62. The van der Waals surface area contributed by atoms with Crippen molar-refractivity contribution in [1.82, 2.24) is 5.32 Å². The fraction of sp³-hybridized carbons (Fsp3) is 0. The summed E-state index contributed by atoms with van der Waals surface area (Å²) in [6.45, 7) is 0. The number of hydrogen-bond donors (Lipinski definition) is 1. The number of benzene rings is 1. The second kappa shape index (κ2) is 5.27. The number of amides is 1. The lowest BCUT2D eigenvalue weighted by molar-refractivity contribution is -0.398. The largest absolute Gasteiger partial charge is 0.867 e. The number of hydrogen-bond acceptors (Lipinski definition) is 6. The van der Waals surface area contributed by atoms with Crippen LogP contribution in [0.3, 0.4) is 0 Å². The maximum absolute atomic E-state index is 11.5. The summed E-state index contributed by atoms with van der Waals surface area (Å²) < 4.78 is 0.393. The quantitative estimate of drug-likeness (QED) is 0.375. The van der Waals surface area contributed by atoms with Crippen molar-refractivity contribution in [2.24, 2.45) is 0 Å². The standard InChI is InChI=1S/C10H5BrN2O4S2/c11-5-1-4(2-6(8(5)14)13(16)17)3-7-9(15)12-10(18)19-7/h1-3,14H,(H,12,15,18)/p-1/b7-3+. The van der Waals surface area contributed by atoms with Crippen LogP contribution in [0.25, 0.3) is 6.08 Å². The third-order valence-corrected chi connectivity index (χ3v) is 3.93. The molecule has 1 N–H and O–H groups in total. The van der Waals surface area contributed by atoms with Gasteiger partial charge in [0.25, 0.3) is 11.6 Å². The van der Waals surface area contributed by atoms with Gasteiger partial charge < -0.3 is 10.4 Å². The summed E-state index contributed by atoms with van der Waals surface area (Å²) in [7, 11) is 0. The lowest BCUT2D eigenvalue weighted by atomic mass is 10.1. The highest BCUT2D eigenvalue weighted by molar-refractivity contribution is 9.10. The molecule has 98 valence electrons. The van der Waals surface area contributed by atoms with Gasteiger partial charge in [0.1, 0.15) is 4.32 Å². The van der Waals surface area contributed by atoms with E-state index in [9.17, 15) is 20.0 Å². The summed E-state index contributed by atoms with van der Waals surface area (Å²) >= 11 is 8.85. The van der Waals surface area contributed by atoms with Crippen molar-refractivity contribution >= 4 is 61.9 Å². The fourth-order valence-electron chi connectivity index (χ4n) is 1.39. The Morgan fingerprint density at radius 2 is 2.16 bits per heavy atom. The smallest absolute Gasteiger partial charge is 0.263 e. The van der Waals surface area contributed by atoms with Gasteiger partial charge in [-0.05, 0) is 23.5 Å². The molecule has 1 amide bonds. The molecule has 0 unspecified atom stereocenters. The number of carbonyl (C=O) groups is 1. The maximum atomic E-state index is 11.5. The van der Waals surface area contributed by atoms with Crippen LogP contribution in [0.15, 0.2) is 21.5 Å². The van der Waals surface area contributed by atoms with Gasteiger partial charge in [-0.2, -0.15) is 0 Å². The molecule has 9 heteroatoms. The molecule has 1 aromatic carbocycles. The van der Waals surface area contributed by atoms with E-state index in [1.165, 1.54) is 12.1 Å². The van der Waals surface area contributed by atoms with Crippen molar-refractivity contribution in [3.63, 3.8) is 0 Å². The Bertz CT molecular complexity index is 645. The molecule has 1 aliphatic heterocycles. The molecule has 19 heavy (non-hydrogen) atoms. The minimum atomic E-state index is -0.762. The van der Waals surface area contributed by atoms with Gasteiger partial charge in [-0.25, -0.2) is 0 Å². The molecule has 0 bridgehead atoms. The first-order valence-electron chi connectivity index (χ1n) is 4.78. The van der Waals surface area contributed by atoms with Crippen LogP contribution in [0.1, 0.15) is 5.56 Å². The van der Waals surface area contributed by atoms with Crippen LogP contribution >= 0.6 is 39.9 Å². The van der Waals surface area contributed by atoms with Crippen molar-refractivity contribution in [3.05, 3.63) is 37.2 Å². The van der Waals surface area contributed by atoms with E-state index in [2.05, 4.69) is 21.2 Å². The van der Waals surface area contributed by atoms with E-state index in [1.807, 2.05) is 0 Å². The minimum Gasteiger partial charge on any atom is -0.867 e. The van der Waals surface area contributed by atoms with Crippen molar-refractivity contribution in [2.45, 2.75) is 0 Å². The van der Waals surface area contributed by atoms with Crippen LogP contribution in [0, 0.1) is 10.1 Å². The number of nitrogens with zero attached hydrogens (tertiary/aromatic N) is 1. The molecule has 1 aromatic rings. The van der Waals surface area contributed by atoms with E-state index in [0.717, 1.165) is 17.8 Å². The Labute approximate surface area is 125 Å². The van der Waals surface area contributed by atoms with E-state index < -0.39 is 16.4 Å². The molecule has 2 rings (SSSR count). The Hall–Kier alpha value is -1.45. The molecule has 1 fully saturated rings. The number of nitrogens with one attached hydrogen (secondary N) is 1. The monoisotopic (exact) mass is 359 g/mol. The molecule has 1 aliphatic rings. The lowest BCUT2D eigenvalue weighted by Crippen LogP contribution is -2.17. The van der Waals surface area contributed by atoms with Gasteiger partial charge in [0.05, 0.1) is 9.83 Å². The van der Waals surface area contributed by atoms with Gasteiger partial charge in [0.15, 0.2) is 0 Å². The van der Waals surface area contributed by atoms with Crippen LogP contribution in [-0.2, 0) is 4.79 Å². The van der Waals surface area contributed by atoms with Gasteiger partial charge in [-0.1, -0.05) is 39.9 Å². The highest BCUT2D eigenvalue weighted by Crippen LogP contribution is 2.34. The molecular formula is C10H4BrN2O4S2-. The Morgan fingerprint density at radius 1 is 1.47 bits per heavy atom. The van der Waals surface area contributed by atoms with Crippen LogP contribution < -0.4 is 10.4 Å². The summed E-state index contributed by atoms with van der Waals surface area (Å²) in [4.78, 5) is 21.8. The summed E-state index contributed by atoms with van der Waals surface area (Å²) in [5, 5.41) is 24.7. The molecule has 0 spiro atoms. The molecule has 0 saturated carbocycles. The molecular weight excluding hydrogens is 356 g/mol. The Kier molecular flexibility index (Phi) is 3.88. The molecule has 6 nitrogen and oxygen atoms in total. The third kappa shape index (κ3) is 2.94. The lowest BCUT2D eigenvalue weighted by Gasteiger charge is -2.10. The number of thioether (sulfide) groups is 1. The fourth-order valence-corrected chi connectivity index (χ4v) is 2.90. The van der Waals surface area contributed by atoms with E-state index in [4.69, 9.17) is 12.2 Å². The summed E-state index contributed by atoms with van der Waals surface area (Å²) in [5.41, 5.74) is -0.173. The highest BCUT2D eigenvalue weighted by Gasteiger charge is 2.22. The minimum absolute atomic E-state index is 0.0690. The molecule has 1 saturated heterocycles. The van der Waals surface area contributed by atoms with Gasteiger partial charge >= 0.3 is 0 Å². The first kappa shape index (κ1) is 14.0. The number of rotatable bonds is 2. The number of thiocarbonyl (C=S) groups is 1. The average molecular weight is 360 g/mol. The van der Waals surface area contributed by atoms with Crippen molar-refractivity contribution in [3.8, 4) is 5.75 Å². The SMILES string of the molecule is O=C1NC(=S)S/C1=C/c1cc(Br)c([O-])c([N+](=O)[O-])c1. The molecule has 0 aliphatic carbocycles. The van der Waals surface area contributed by atoms with E-state index >= 15 is 0 Å². The highest BCUT2D eigenvalue weighted by atomic mass is 79.9. The zero-order valence-corrected chi connectivity index (χ0v) is 12.2. The van der Waals surface area contributed by atoms with Crippen LogP contribution in [0.2, 0.25) is 0 Å². The van der Waals surface area contributed by atoms with Gasteiger partial charge in [0.2, 0.25) is 0 Å². The van der Waals surface area contributed by atoms with Gasteiger partial charge in [-0.3, -0.25) is 14.9 Å². The summed E-state index contributed by atoms with van der Waals surface area (Å²) in [6, 6.07) is 2.53. The van der Waals surface area contributed by atoms with Gasteiger partial charge in [-0.15, -0.1) is 0 Å². The normalized spacial score (nSPS) is 16.8. The maximum Gasteiger partial charge on any atom is 0.263 e.